The molecule has 0 bridgehead atoms. The molecule has 15 heavy (non-hydrogen) atoms. The van der Waals surface area contributed by atoms with E-state index in [2.05, 4.69) is 34.3 Å². The molecule has 1 N–H and O–H groups in total. The summed E-state index contributed by atoms with van der Waals surface area (Å²) in [7, 11) is 0. The molecule has 3 nitrogen and oxygen atoms in total. The molecular weight excluding hydrogens is 210 g/mol. The zero-order valence-electron chi connectivity index (χ0n) is 9.02. The summed E-state index contributed by atoms with van der Waals surface area (Å²) in [4.78, 5) is 6.82. The van der Waals surface area contributed by atoms with Crippen LogP contribution in [0.3, 0.4) is 0 Å². The third-order valence-electron chi connectivity index (χ3n) is 2.73. The molecule has 2 heterocycles. The topological polar surface area (TPSA) is 28.2 Å². The van der Waals surface area contributed by atoms with Crippen molar-refractivity contribution in [2.75, 3.05) is 19.6 Å². The van der Waals surface area contributed by atoms with Gasteiger partial charge in [-0.2, -0.15) is 0 Å². The van der Waals surface area contributed by atoms with Crippen molar-refractivity contribution in [3.05, 3.63) is 30.1 Å². The maximum absolute atomic E-state index is 4.35. The second kappa shape index (κ2) is 6.05. The van der Waals surface area contributed by atoms with Gasteiger partial charge in [-0.25, -0.2) is 0 Å². The van der Waals surface area contributed by atoms with E-state index < -0.39 is 0 Å². The van der Waals surface area contributed by atoms with E-state index in [9.17, 15) is 0 Å². The van der Waals surface area contributed by atoms with E-state index in [0.29, 0.717) is 6.04 Å². The Balaban J connectivity index is 0.00000112. The SMILES string of the molecule is CC1CNCCN1Cc1ccccn1.Cl. The van der Waals surface area contributed by atoms with Crippen molar-refractivity contribution in [1.29, 1.82) is 0 Å². The maximum atomic E-state index is 4.35. The highest BCUT2D eigenvalue weighted by Gasteiger charge is 2.17. The summed E-state index contributed by atoms with van der Waals surface area (Å²) < 4.78 is 0. The molecule has 0 amide bonds. The van der Waals surface area contributed by atoms with Gasteiger partial charge in [0.1, 0.15) is 0 Å². The summed E-state index contributed by atoms with van der Waals surface area (Å²) in [6, 6.07) is 6.72. The van der Waals surface area contributed by atoms with E-state index in [1.165, 1.54) is 5.69 Å². The fraction of sp³-hybridized carbons (Fsp3) is 0.545. The Morgan fingerprint density at radius 1 is 1.53 bits per heavy atom. The largest absolute Gasteiger partial charge is 0.314 e. The number of piperazine rings is 1. The molecule has 1 unspecified atom stereocenters. The lowest BCUT2D eigenvalue weighted by molar-refractivity contribution is 0.164. The van der Waals surface area contributed by atoms with Gasteiger partial charge in [0.25, 0.3) is 0 Å². The van der Waals surface area contributed by atoms with E-state index in [-0.39, 0.29) is 12.4 Å². The number of pyridine rings is 1. The minimum Gasteiger partial charge on any atom is -0.314 e. The van der Waals surface area contributed by atoms with Gasteiger partial charge in [-0.05, 0) is 19.1 Å². The van der Waals surface area contributed by atoms with Gasteiger partial charge in [-0.1, -0.05) is 6.07 Å². The number of nitrogens with one attached hydrogen (secondary N) is 1. The van der Waals surface area contributed by atoms with Crippen LogP contribution in [0.25, 0.3) is 0 Å². The van der Waals surface area contributed by atoms with Gasteiger partial charge < -0.3 is 5.32 Å². The maximum Gasteiger partial charge on any atom is 0.0544 e. The Hall–Kier alpha value is -0.640. The third kappa shape index (κ3) is 3.45. The van der Waals surface area contributed by atoms with E-state index in [0.717, 1.165) is 26.2 Å². The fourth-order valence-electron chi connectivity index (χ4n) is 1.82. The van der Waals surface area contributed by atoms with E-state index in [1.807, 2.05) is 12.3 Å². The van der Waals surface area contributed by atoms with Gasteiger partial charge in [0.05, 0.1) is 5.69 Å². The zero-order chi connectivity index (χ0) is 9.80. The molecule has 1 aromatic heterocycles. The van der Waals surface area contributed by atoms with Crippen LogP contribution in [0.15, 0.2) is 24.4 Å². The first-order valence-corrected chi connectivity index (χ1v) is 5.21. The highest BCUT2D eigenvalue weighted by molar-refractivity contribution is 5.85. The normalized spacial score (nSPS) is 22.1. The molecule has 1 fully saturated rings. The summed E-state index contributed by atoms with van der Waals surface area (Å²) in [5, 5.41) is 3.39. The van der Waals surface area contributed by atoms with Crippen molar-refractivity contribution >= 4 is 12.4 Å². The van der Waals surface area contributed by atoms with Crippen LogP contribution >= 0.6 is 12.4 Å². The molecule has 0 saturated carbocycles. The van der Waals surface area contributed by atoms with Crippen LogP contribution in [-0.4, -0.2) is 35.6 Å². The lowest BCUT2D eigenvalue weighted by atomic mass is 10.2. The number of halogens is 1. The lowest BCUT2D eigenvalue weighted by Crippen LogP contribution is -2.49. The Labute approximate surface area is 97.3 Å². The first kappa shape index (κ1) is 12.4. The van der Waals surface area contributed by atoms with Crippen molar-refractivity contribution in [1.82, 2.24) is 15.2 Å². The van der Waals surface area contributed by atoms with Gasteiger partial charge in [-0.15, -0.1) is 12.4 Å². The van der Waals surface area contributed by atoms with Crippen molar-refractivity contribution in [2.24, 2.45) is 0 Å². The van der Waals surface area contributed by atoms with Crippen LogP contribution in [0.5, 0.6) is 0 Å². The molecule has 0 radical (unpaired) electrons. The number of hydrogen-bond acceptors (Lipinski definition) is 3. The zero-order valence-corrected chi connectivity index (χ0v) is 9.83. The minimum atomic E-state index is 0. The molecule has 0 aliphatic carbocycles. The summed E-state index contributed by atoms with van der Waals surface area (Å²) in [6.07, 6.45) is 1.86. The molecule has 1 saturated heterocycles. The number of aromatic nitrogens is 1. The summed E-state index contributed by atoms with van der Waals surface area (Å²) >= 11 is 0. The second-order valence-corrected chi connectivity index (χ2v) is 3.84. The summed E-state index contributed by atoms with van der Waals surface area (Å²) in [6.45, 7) is 6.54. The second-order valence-electron chi connectivity index (χ2n) is 3.84. The van der Waals surface area contributed by atoms with Crippen LogP contribution in [0.4, 0.5) is 0 Å². The lowest BCUT2D eigenvalue weighted by Gasteiger charge is -2.33. The monoisotopic (exact) mass is 227 g/mol. The molecular formula is C11H18ClN3. The highest BCUT2D eigenvalue weighted by Crippen LogP contribution is 2.07. The standard InChI is InChI=1S/C11H17N3.ClH/c1-10-8-12-6-7-14(10)9-11-4-2-3-5-13-11;/h2-5,10,12H,6-9H2,1H3;1H. The van der Waals surface area contributed by atoms with Crippen molar-refractivity contribution < 1.29 is 0 Å². The van der Waals surface area contributed by atoms with Crippen molar-refractivity contribution in [3.8, 4) is 0 Å². The van der Waals surface area contributed by atoms with Gasteiger partial charge in [0.2, 0.25) is 0 Å². The predicted molar refractivity (Wildman–Crippen MR) is 64.2 cm³/mol. The molecule has 2 rings (SSSR count). The summed E-state index contributed by atoms with van der Waals surface area (Å²) in [5.41, 5.74) is 1.17. The highest BCUT2D eigenvalue weighted by atomic mass is 35.5. The number of rotatable bonds is 2. The van der Waals surface area contributed by atoms with Gasteiger partial charge in [0, 0.05) is 38.4 Å². The molecule has 1 aliphatic heterocycles. The molecule has 4 heteroatoms. The first-order chi connectivity index (χ1) is 6.86. The summed E-state index contributed by atoms with van der Waals surface area (Å²) in [5.74, 6) is 0. The smallest absolute Gasteiger partial charge is 0.0544 e. The molecule has 84 valence electrons. The average Bonchev–Trinajstić information content (AvgIpc) is 2.23. The predicted octanol–water partition coefficient (Wildman–Crippen LogP) is 1.30. The average molecular weight is 228 g/mol. The molecule has 0 spiro atoms. The van der Waals surface area contributed by atoms with Gasteiger partial charge in [0.15, 0.2) is 0 Å². The Morgan fingerprint density at radius 3 is 3.07 bits per heavy atom. The van der Waals surface area contributed by atoms with Gasteiger partial charge >= 0.3 is 0 Å². The van der Waals surface area contributed by atoms with Gasteiger partial charge in [-0.3, -0.25) is 9.88 Å². The van der Waals surface area contributed by atoms with Crippen LogP contribution in [-0.2, 0) is 6.54 Å². The minimum absolute atomic E-state index is 0. The molecule has 1 aromatic rings. The van der Waals surface area contributed by atoms with E-state index >= 15 is 0 Å². The Morgan fingerprint density at radius 2 is 2.40 bits per heavy atom. The Kier molecular flexibility index (Phi) is 5.02. The fourth-order valence-corrected chi connectivity index (χ4v) is 1.82. The Bertz CT molecular complexity index is 278. The molecule has 0 aromatic carbocycles. The van der Waals surface area contributed by atoms with Crippen molar-refractivity contribution in [2.45, 2.75) is 19.5 Å². The number of nitrogens with zero attached hydrogens (tertiary/aromatic N) is 2. The molecule has 1 atom stereocenters. The van der Waals surface area contributed by atoms with E-state index in [1.54, 1.807) is 0 Å². The van der Waals surface area contributed by atoms with Crippen molar-refractivity contribution in [3.63, 3.8) is 0 Å². The van der Waals surface area contributed by atoms with Crippen LogP contribution in [0, 0.1) is 0 Å². The third-order valence-corrected chi connectivity index (χ3v) is 2.73. The number of hydrogen-bond donors (Lipinski definition) is 1. The van der Waals surface area contributed by atoms with Crippen LogP contribution in [0.2, 0.25) is 0 Å². The van der Waals surface area contributed by atoms with Crippen LogP contribution in [0.1, 0.15) is 12.6 Å². The van der Waals surface area contributed by atoms with E-state index in [4.69, 9.17) is 0 Å². The van der Waals surface area contributed by atoms with Crippen LogP contribution < -0.4 is 5.32 Å². The quantitative estimate of drug-likeness (QED) is 0.826. The first-order valence-electron chi connectivity index (χ1n) is 5.21. The molecule has 1 aliphatic rings.